The number of nitrogens with two attached hydrogens (primary N) is 1. The van der Waals surface area contributed by atoms with E-state index in [9.17, 15) is 14.4 Å². The summed E-state index contributed by atoms with van der Waals surface area (Å²) in [5.74, 6) is -1.97. The Morgan fingerprint density at radius 2 is 1.67 bits per heavy atom. The van der Waals surface area contributed by atoms with Gasteiger partial charge in [0.15, 0.2) is 0 Å². The van der Waals surface area contributed by atoms with Crippen molar-refractivity contribution in [2.75, 3.05) is 6.54 Å². The molecule has 18 heavy (non-hydrogen) atoms. The Morgan fingerprint density at radius 1 is 1.11 bits per heavy atom. The van der Waals surface area contributed by atoms with E-state index >= 15 is 0 Å². The standard InChI is InChI=1S/C12H18N2O4/c13-8(15)11(3-1-2-4-11)7-14-9(16)12(5-6-12)10(17)18/h1-7H2,(H2,13,15)(H,14,16)(H,17,18). The average molecular weight is 254 g/mol. The summed E-state index contributed by atoms with van der Waals surface area (Å²) >= 11 is 0. The van der Waals surface area contributed by atoms with E-state index in [2.05, 4.69) is 5.32 Å². The van der Waals surface area contributed by atoms with Crippen molar-refractivity contribution in [2.45, 2.75) is 38.5 Å². The summed E-state index contributed by atoms with van der Waals surface area (Å²) in [4.78, 5) is 34.3. The van der Waals surface area contributed by atoms with Gasteiger partial charge >= 0.3 is 5.97 Å². The van der Waals surface area contributed by atoms with Gasteiger partial charge in [-0.05, 0) is 25.7 Å². The molecule has 0 aromatic rings. The van der Waals surface area contributed by atoms with Crippen LogP contribution >= 0.6 is 0 Å². The van der Waals surface area contributed by atoms with E-state index in [1.165, 1.54) is 0 Å². The van der Waals surface area contributed by atoms with E-state index in [-0.39, 0.29) is 6.54 Å². The van der Waals surface area contributed by atoms with Crippen LogP contribution in [-0.4, -0.2) is 29.4 Å². The molecule has 0 saturated heterocycles. The molecule has 6 nitrogen and oxygen atoms in total. The number of hydrogen-bond donors (Lipinski definition) is 3. The molecule has 2 aliphatic carbocycles. The Bertz CT molecular complexity index is 395. The normalized spacial score (nSPS) is 23.3. The fraction of sp³-hybridized carbons (Fsp3) is 0.750. The summed E-state index contributed by atoms with van der Waals surface area (Å²) in [7, 11) is 0. The van der Waals surface area contributed by atoms with Crippen molar-refractivity contribution in [2.24, 2.45) is 16.6 Å². The van der Waals surface area contributed by atoms with Crippen molar-refractivity contribution in [3.8, 4) is 0 Å². The molecule has 0 heterocycles. The molecule has 2 aliphatic rings. The SMILES string of the molecule is NC(=O)C1(CNC(=O)C2(C(=O)O)CC2)CCCC1. The van der Waals surface area contributed by atoms with Crippen LogP contribution in [0.15, 0.2) is 0 Å². The smallest absolute Gasteiger partial charge is 0.319 e. The molecule has 0 bridgehead atoms. The number of amides is 2. The monoisotopic (exact) mass is 254 g/mol. The van der Waals surface area contributed by atoms with Crippen LogP contribution in [0, 0.1) is 10.8 Å². The first-order valence-electron chi connectivity index (χ1n) is 6.25. The summed E-state index contributed by atoms with van der Waals surface area (Å²) in [6.45, 7) is 0.163. The minimum absolute atomic E-state index is 0.163. The zero-order valence-electron chi connectivity index (χ0n) is 10.2. The van der Waals surface area contributed by atoms with E-state index in [4.69, 9.17) is 10.8 Å². The van der Waals surface area contributed by atoms with E-state index in [1.54, 1.807) is 0 Å². The van der Waals surface area contributed by atoms with Gasteiger partial charge in [-0.2, -0.15) is 0 Å². The number of nitrogens with one attached hydrogen (secondary N) is 1. The molecule has 0 atom stereocenters. The van der Waals surface area contributed by atoms with Crippen molar-refractivity contribution in [3.63, 3.8) is 0 Å². The minimum Gasteiger partial charge on any atom is -0.480 e. The number of rotatable bonds is 5. The van der Waals surface area contributed by atoms with E-state index in [0.29, 0.717) is 25.7 Å². The Labute approximate surface area is 105 Å². The Hall–Kier alpha value is -1.59. The predicted octanol–water partition coefficient (Wildman–Crippen LogP) is 0.0131. The third kappa shape index (κ3) is 1.95. The van der Waals surface area contributed by atoms with Gasteiger partial charge in [0.05, 0.1) is 5.41 Å². The number of hydrogen-bond acceptors (Lipinski definition) is 3. The molecule has 2 rings (SSSR count). The van der Waals surface area contributed by atoms with Crippen LogP contribution in [0.4, 0.5) is 0 Å². The highest BCUT2D eigenvalue weighted by Crippen LogP contribution is 2.46. The highest BCUT2D eigenvalue weighted by molar-refractivity contribution is 6.05. The lowest BCUT2D eigenvalue weighted by Crippen LogP contribution is -2.47. The number of carboxylic acids is 1. The second-order valence-corrected chi connectivity index (χ2v) is 5.42. The van der Waals surface area contributed by atoms with Crippen molar-refractivity contribution >= 4 is 17.8 Å². The molecule has 2 amide bonds. The highest BCUT2D eigenvalue weighted by atomic mass is 16.4. The summed E-state index contributed by atoms with van der Waals surface area (Å²) < 4.78 is 0. The number of primary amides is 1. The Kier molecular flexibility index (Phi) is 3.04. The fourth-order valence-corrected chi connectivity index (χ4v) is 2.64. The molecule has 6 heteroatoms. The molecule has 0 aromatic carbocycles. The van der Waals surface area contributed by atoms with Gasteiger partial charge in [-0.15, -0.1) is 0 Å². The third-order valence-electron chi connectivity index (χ3n) is 4.26. The third-order valence-corrected chi connectivity index (χ3v) is 4.26. The molecule has 4 N–H and O–H groups in total. The van der Waals surface area contributed by atoms with E-state index < -0.39 is 28.6 Å². The quantitative estimate of drug-likeness (QED) is 0.600. The number of aliphatic carboxylic acids is 1. The molecule has 0 radical (unpaired) electrons. The van der Waals surface area contributed by atoms with Gasteiger partial charge in [0, 0.05) is 6.54 Å². The van der Waals surface area contributed by atoms with Gasteiger partial charge in [-0.3, -0.25) is 14.4 Å². The van der Waals surface area contributed by atoms with Gasteiger partial charge in [-0.25, -0.2) is 0 Å². The lowest BCUT2D eigenvalue weighted by atomic mass is 9.85. The topological polar surface area (TPSA) is 109 Å². The number of carboxylic acid groups (broad SMARTS) is 1. The number of carbonyl (C=O) groups is 3. The molecule has 0 aliphatic heterocycles. The van der Waals surface area contributed by atoms with Crippen LogP contribution in [0.3, 0.4) is 0 Å². The summed E-state index contributed by atoms with van der Waals surface area (Å²) in [5.41, 5.74) is 3.47. The van der Waals surface area contributed by atoms with Gasteiger partial charge in [0.25, 0.3) is 0 Å². The van der Waals surface area contributed by atoms with E-state index in [1.807, 2.05) is 0 Å². The van der Waals surface area contributed by atoms with Crippen LogP contribution in [-0.2, 0) is 14.4 Å². The molecule has 100 valence electrons. The fourth-order valence-electron chi connectivity index (χ4n) is 2.64. The highest BCUT2D eigenvalue weighted by Gasteiger charge is 2.57. The van der Waals surface area contributed by atoms with Gasteiger partial charge in [0.1, 0.15) is 5.41 Å². The van der Waals surface area contributed by atoms with Crippen LogP contribution in [0.5, 0.6) is 0 Å². The van der Waals surface area contributed by atoms with Crippen molar-refractivity contribution in [1.29, 1.82) is 0 Å². The van der Waals surface area contributed by atoms with Crippen LogP contribution in [0.2, 0.25) is 0 Å². The number of carbonyl (C=O) groups excluding carboxylic acids is 2. The van der Waals surface area contributed by atoms with E-state index in [0.717, 1.165) is 12.8 Å². The summed E-state index contributed by atoms with van der Waals surface area (Å²) in [6.07, 6.45) is 3.92. The second-order valence-electron chi connectivity index (χ2n) is 5.42. The maximum atomic E-state index is 11.8. The first-order valence-corrected chi connectivity index (χ1v) is 6.25. The van der Waals surface area contributed by atoms with Gasteiger partial charge < -0.3 is 16.2 Å². The summed E-state index contributed by atoms with van der Waals surface area (Å²) in [6, 6.07) is 0. The first-order chi connectivity index (χ1) is 8.43. The molecule has 2 fully saturated rings. The average Bonchev–Trinajstić information content (AvgIpc) is 2.99. The van der Waals surface area contributed by atoms with Crippen molar-refractivity contribution in [3.05, 3.63) is 0 Å². The van der Waals surface area contributed by atoms with Crippen LogP contribution in [0.1, 0.15) is 38.5 Å². The summed E-state index contributed by atoms with van der Waals surface area (Å²) in [5, 5.41) is 11.6. The van der Waals surface area contributed by atoms with Crippen LogP contribution < -0.4 is 11.1 Å². The molecular formula is C12H18N2O4. The zero-order chi connectivity index (χ0) is 13.4. The molecule has 2 saturated carbocycles. The largest absolute Gasteiger partial charge is 0.480 e. The molecule has 0 aromatic heterocycles. The zero-order valence-corrected chi connectivity index (χ0v) is 10.2. The lowest BCUT2D eigenvalue weighted by Gasteiger charge is -2.26. The molecule has 0 spiro atoms. The maximum absolute atomic E-state index is 11.8. The van der Waals surface area contributed by atoms with Gasteiger partial charge in [-0.1, -0.05) is 12.8 Å². The maximum Gasteiger partial charge on any atom is 0.319 e. The molecular weight excluding hydrogens is 236 g/mol. The van der Waals surface area contributed by atoms with Crippen molar-refractivity contribution in [1.82, 2.24) is 5.32 Å². The van der Waals surface area contributed by atoms with Crippen LogP contribution in [0.25, 0.3) is 0 Å². The van der Waals surface area contributed by atoms with Gasteiger partial charge in [0.2, 0.25) is 11.8 Å². The van der Waals surface area contributed by atoms with Crippen molar-refractivity contribution < 1.29 is 19.5 Å². The first kappa shape index (κ1) is 12.9. The molecule has 0 unspecified atom stereocenters. The minimum atomic E-state index is -1.25. The lowest BCUT2D eigenvalue weighted by molar-refractivity contribution is -0.149. The predicted molar refractivity (Wildman–Crippen MR) is 62.4 cm³/mol. The second kappa shape index (κ2) is 4.26. The Morgan fingerprint density at radius 3 is 2.06 bits per heavy atom. The Balaban J connectivity index is 1.97.